The van der Waals surface area contributed by atoms with Gasteiger partial charge < -0.3 is 59.3 Å². The van der Waals surface area contributed by atoms with Crippen molar-refractivity contribution in [1.29, 1.82) is 0 Å². The van der Waals surface area contributed by atoms with Gasteiger partial charge in [0.25, 0.3) is 11.7 Å². The van der Waals surface area contributed by atoms with Crippen LogP contribution in [0.4, 0.5) is 11.4 Å². The summed E-state index contributed by atoms with van der Waals surface area (Å²) in [7, 11) is 5.53. The van der Waals surface area contributed by atoms with E-state index in [-0.39, 0.29) is 67.2 Å². The van der Waals surface area contributed by atoms with Crippen molar-refractivity contribution >= 4 is 44.9 Å². The number of ether oxygens (including phenoxy) is 3. The number of rotatable bonds is 3. The minimum atomic E-state index is -2.05. The number of piperidine rings is 1. The van der Waals surface area contributed by atoms with Gasteiger partial charge in [-0.05, 0) is 46.9 Å². The van der Waals surface area contributed by atoms with Crippen molar-refractivity contribution in [2.24, 2.45) is 23.7 Å². The smallest absolute Gasteiger partial charge is 0.312 e. The fraction of sp³-hybridized carbons (Fsp3) is 0.500. The minimum absolute atomic E-state index is 0.00234. The molecule has 1 fully saturated rings. The maximum atomic E-state index is 14.8. The molecule has 1 saturated heterocycles. The Labute approximate surface area is 371 Å². The summed E-state index contributed by atoms with van der Waals surface area (Å²) in [6.07, 6.45) is 5.19. The largest absolute Gasteiger partial charge is 0.507 e. The Balaban J connectivity index is 1.44. The van der Waals surface area contributed by atoms with E-state index >= 15 is 0 Å². The molecule has 344 valence electrons. The van der Waals surface area contributed by atoms with Crippen molar-refractivity contribution in [3.8, 4) is 28.7 Å². The molecule has 9 atom stereocenters. The Kier molecular flexibility index (Phi) is 12.9. The number of aromatic nitrogens is 1. The number of benzene rings is 3. The number of hydrogen-bond acceptors (Lipinski definition) is 15. The predicted molar refractivity (Wildman–Crippen MR) is 242 cm³/mol. The molecular weight excluding hydrogens is 825 g/mol. The van der Waals surface area contributed by atoms with Crippen LogP contribution in [0.15, 0.2) is 57.5 Å². The van der Waals surface area contributed by atoms with Crippen LogP contribution in [0.3, 0.4) is 0 Å². The maximum Gasteiger partial charge on any atom is 0.312 e. The molecule has 64 heavy (non-hydrogen) atoms. The van der Waals surface area contributed by atoms with Crippen LogP contribution in [-0.4, -0.2) is 118 Å². The van der Waals surface area contributed by atoms with E-state index in [0.717, 1.165) is 12.8 Å². The number of hydrogen-bond donors (Lipinski definition) is 6. The van der Waals surface area contributed by atoms with E-state index in [1.165, 1.54) is 46.3 Å². The average molecular weight is 885 g/mol. The lowest BCUT2D eigenvalue weighted by atomic mass is 9.78. The molecule has 0 aromatic heterocycles. The van der Waals surface area contributed by atoms with Gasteiger partial charge in [0.2, 0.25) is 5.43 Å². The van der Waals surface area contributed by atoms with Gasteiger partial charge in [0.1, 0.15) is 34.1 Å². The van der Waals surface area contributed by atoms with Crippen LogP contribution in [0.2, 0.25) is 0 Å². The van der Waals surface area contributed by atoms with E-state index in [1.807, 2.05) is 14.1 Å². The number of anilines is 2. The van der Waals surface area contributed by atoms with Crippen molar-refractivity contribution in [3.63, 3.8) is 0 Å². The zero-order valence-electron chi connectivity index (χ0n) is 38.0. The van der Waals surface area contributed by atoms with E-state index in [0.29, 0.717) is 24.8 Å². The quantitative estimate of drug-likeness (QED) is 0.109. The van der Waals surface area contributed by atoms with Crippen molar-refractivity contribution in [1.82, 2.24) is 9.88 Å². The number of ketones is 1. The molecule has 7 rings (SSSR count). The van der Waals surface area contributed by atoms with Crippen molar-refractivity contribution in [2.45, 2.75) is 97.6 Å². The first-order valence-corrected chi connectivity index (χ1v) is 21.8. The molecule has 0 radical (unpaired) electrons. The number of carbonyl (C=O) groups is 2. The fourth-order valence-electron chi connectivity index (χ4n) is 9.31. The van der Waals surface area contributed by atoms with Gasteiger partial charge in [0, 0.05) is 91.2 Å². The first-order chi connectivity index (χ1) is 30.2. The summed E-state index contributed by atoms with van der Waals surface area (Å²) in [6.45, 7) is 12.6. The van der Waals surface area contributed by atoms with Crippen LogP contribution in [0.25, 0.3) is 33.3 Å². The van der Waals surface area contributed by atoms with Gasteiger partial charge in [-0.3, -0.25) is 14.4 Å². The van der Waals surface area contributed by atoms with Crippen LogP contribution in [0.1, 0.15) is 70.3 Å². The average Bonchev–Trinajstić information content (AvgIpc) is 3.54. The summed E-state index contributed by atoms with van der Waals surface area (Å²) in [5.74, 6) is -7.06. The topological polar surface area (TPSA) is 225 Å². The summed E-state index contributed by atoms with van der Waals surface area (Å²) >= 11 is 0. The number of aliphatic hydroxyl groups excluding tert-OH is 3. The van der Waals surface area contributed by atoms with Gasteiger partial charge in [-0.25, -0.2) is 4.98 Å². The highest BCUT2D eigenvalue weighted by Gasteiger charge is 2.50. The first-order valence-electron chi connectivity index (χ1n) is 21.8. The second-order valence-electron chi connectivity index (χ2n) is 18.1. The number of nitrogens with one attached hydrogen (secondary N) is 1. The van der Waals surface area contributed by atoms with Crippen molar-refractivity contribution < 1.29 is 53.7 Å². The third kappa shape index (κ3) is 8.10. The SMILES string of the molecule is CO[C@H]1/C=C/O[C@@]2(C)Oc3c(C)c(O)c4c(=O)c(c5oc6cc(N7CCC(N(C)C)CC7)cc(O)c6nc-5c4c3C2=O)NC(=O)/C(C)=C\C=C\[C@H](C)[C@H](O)[C@@H](C)[C@@H](O)[C@@H](C)[C@H](O)[C@@H]1C. The lowest BCUT2D eigenvalue weighted by molar-refractivity contribution is -0.112. The molecule has 4 bridgehead atoms. The molecular formula is C48H60N4O12. The summed E-state index contributed by atoms with van der Waals surface area (Å²) in [5.41, 5.74) is -0.547. The number of aromatic hydroxyl groups is 2. The number of allylic oxidation sites excluding steroid dienone is 2. The number of Topliss-reactive ketones (excluding diaryl/α,β-unsaturated/α-hetero) is 1. The van der Waals surface area contributed by atoms with E-state index in [2.05, 4.69) is 15.1 Å². The third-order valence-electron chi connectivity index (χ3n) is 13.7. The Morgan fingerprint density at radius 3 is 2.23 bits per heavy atom. The standard InChI is InChI=1S/C48H60N4O12/c1-22-12-11-13-23(2)47(60)50-38-43(58)34-33(37-45(38)63-32-21-29(20-30(53)36(32)49-37)52-17-14-28(15-18-52)51(8)9)35-44(27(6)42(34)57)64-48(7,46(35)59)62-19-16-31(61-10)24(3)40(55)26(5)41(56)25(4)39(22)54/h11-13,16,19-22,24-26,28,31,39-41,53-57H,14-15,17-18H2,1-10H3,(H,50,60)/b12-11+,19-16+,23-13-/t22-,24+,25+,26-,31-,39-,40+,41+,48-/m0/s1. The summed E-state index contributed by atoms with van der Waals surface area (Å²) in [4.78, 5) is 52.6. The second-order valence-corrected chi connectivity index (χ2v) is 18.1. The highest BCUT2D eigenvalue weighted by atomic mass is 16.7. The van der Waals surface area contributed by atoms with Gasteiger partial charge in [0.15, 0.2) is 11.3 Å². The Hall–Kier alpha value is -5.52. The number of methoxy groups -OCH3 is 1. The number of carbonyl (C=O) groups excluding carboxylic acids is 2. The summed E-state index contributed by atoms with van der Waals surface area (Å²) < 4.78 is 24.4. The lowest BCUT2D eigenvalue weighted by Gasteiger charge is -2.36. The molecule has 4 aliphatic heterocycles. The molecule has 0 spiro atoms. The van der Waals surface area contributed by atoms with Gasteiger partial charge in [0.05, 0.1) is 41.6 Å². The molecule has 1 aliphatic carbocycles. The van der Waals surface area contributed by atoms with Gasteiger partial charge >= 0.3 is 5.79 Å². The number of phenols is 2. The predicted octanol–water partition coefficient (Wildman–Crippen LogP) is 5.61. The molecule has 6 N–H and O–H groups in total. The summed E-state index contributed by atoms with van der Waals surface area (Å²) in [5, 5.41) is 59.6. The monoisotopic (exact) mass is 884 g/mol. The molecule has 1 amide bonds. The molecule has 2 aromatic carbocycles. The van der Waals surface area contributed by atoms with Crippen LogP contribution < -0.4 is 20.4 Å². The molecule has 5 aliphatic rings. The van der Waals surface area contributed by atoms with Crippen molar-refractivity contribution in [2.75, 3.05) is 44.5 Å². The second kappa shape index (κ2) is 17.8. The molecule has 4 heterocycles. The zero-order valence-corrected chi connectivity index (χ0v) is 38.0. The third-order valence-corrected chi connectivity index (χ3v) is 13.7. The maximum absolute atomic E-state index is 14.8. The lowest BCUT2D eigenvalue weighted by Crippen LogP contribution is -2.44. The number of nitrogens with zero attached hydrogens (tertiary/aromatic N) is 3. The zero-order chi connectivity index (χ0) is 46.7. The van der Waals surface area contributed by atoms with Gasteiger partial charge in [-0.1, -0.05) is 45.9 Å². The Morgan fingerprint density at radius 2 is 1.58 bits per heavy atom. The minimum Gasteiger partial charge on any atom is -0.507 e. The van der Waals surface area contributed by atoms with E-state index in [1.54, 1.807) is 52.0 Å². The highest BCUT2D eigenvalue weighted by Crippen LogP contribution is 2.51. The van der Waals surface area contributed by atoms with Gasteiger partial charge in [-0.15, -0.1) is 0 Å². The van der Waals surface area contributed by atoms with E-state index in [4.69, 9.17) is 23.6 Å². The molecule has 16 nitrogen and oxygen atoms in total. The normalized spacial score (nSPS) is 30.7. The number of aliphatic hydroxyl groups is 3. The van der Waals surface area contributed by atoms with Crippen LogP contribution >= 0.6 is 0 Å². The van der Waals surface area contributed by atoms with E-state index in [9.17, 15) is 39.9 Å². The number of amides is 1. The van der Waals surface area contributed by atoms with Crippen LogP contribution in [0, 0.1) is 30.6 Å². The van der Waals surface area contributed by atoms with Gasteiger partial charge in [-0.2, -0.15) is 0 Å². The van der Waals surface area contributed by atoms with Crippen molar-refractivity contribution in [3.05, 3.63) is 69.6 Å². The molecule has 16 heteroatoms. The van der Waals surface area contributed by atoms with Crippen LogP contribution in [-0.2, 0) is 14.3 Å². The Morgan fingerprint density at radius 1 is 0.922 bits per heavy atom. The van der Waals surface area contributed by atoms with Crippen LogP contribution in [0.5, 0.6) is 17.2 Å². The number of phenolic OH excluding ortho intramolecular Hbond substituents is 2. The van der Waals surface area contributed by atoms with E-state index < -0.39 is 76.7 Å². The molecule has 0 saturated carbocycles. The Bertz CT molecular complexity index is 2590. The molecule has 0 unspecified atom stereocenters. The number of fused-ring (bicyclic) bond motifs is 2. The fourth-order valence-corrected chi connectivity index (χ4v) is 9.31. The highest BCUT2D eigenvalue weighted by molar-refractivity contribution is 6.22. The molecule has 2 aromatic rings. The first kappa shape index (κ1) is 46.5. The summed E-state index contributed by atoms with van der Waals surface area (Å²) in [6, 6.07) is 3.69.